The molecule has 72 valence electrons. The van der Waals surface area contributed by atoms with E-state index in [0.29, 0.717) is 6.04 Å². The maximum absolute atomic E-state index is 5.83. The van der Waals surface area contributed by atoms with Gasteiger partial charge in [-0.25, -0.2) is 0 Å². The molecule has 0 fully saturated rings. The summed E-state index contributed by atoms with van der Waals surface area (Å²) < 4.78 is 0. The Balaban J connectivity index is 2.88. The second-order valence-electron chi connectivity index (χ2n) is 3.30. The zero-order chi connectivity index (χ0) is 9.84. The molecule has 0 amide bonds. The van der Waals surface area contributed by atoms with Crippen LogP contribution in [0.25, 0.3) is 0 Å². The van der Waals surface area contributed by atoms with Crippen LogP contribution < -0.4 is 10.6 Å². The lowest BCUT2D eigenvalue weighted by Crippen LogP contribution is -2.28. The van der Waals surface area contributed by atoms with Gasteiger partial charge >= 0.3 is 0 Å². The first kappa shape index (κ1) is 9.84. The van der Waals surface area contributed by atoms with Crippen molar-refractivity contribution in [2.75, 3.05) is 17.7 Å². The standard InChI is InChI=1S/C10H17N3/c1-4-8(2)13(3)10-7-12-6-5-9(10)11/h5-8H,4H2,1-3H3,(H2,11,12). The summed E-state index contributed by atoms with van der Waals surface area (Å²) in [5.41, 5.74) is 7.63. The summed E-state index contributed by atoms with van der Waals surface area (Å²) in [6, 6.07) is 2.32. The van der Waals surface area contributed by atoms with Crippen molar-refractivity contribution in [2.45, 2.75) is 26.3 Å². The lowest BCUT2D eigenvalue weighted by molar-refractivity contribution is 0.663. The van der Waals surface area contributed by atoms with Gasteiger partial charge in [0.2, 0.25) is 0 Å². The van der Waals surface area contributed by atoms with Gasteiger partial charge in [-0.05, 0) is 19.4 Å². The van der Waals surface area contributed by atoms with Gasteiger partial charge in [-0.3, -0.25) is 4.98 Å². The topological polar surface area (TPSA) is 42.2 Å². The Kier molecular flexibility index (Phi) is 3.12. The smallest absolute Gasteiger partial charge is 0.0786 e. The Morgan fingerprint density at radius 1 is 1.62 bits per heavy atom. The molecule has 0 bridgehead atoms. The van der Waals surface area contributed by atoms with Crippen LogP contribution in [0.2, 0.25) is 0 Å². The highest BCUT2D eigenvalue weighted by atomic mass is 15.1. The molecule has 0 aliphatic heterocycles. The summed E-state index contributed by atoms with van der Waals surface area (Å²) in [6.07, 6.45) is 4.62. The molecule has 1 atom stereocenters. The van der Waals surface area contributed by atoms with Crippen molar-refractivity contribution in [1.82, 2.24) is 4.98 Å². The number of aromatic nitrogens is 1. The fourth-order valence-electron chi connectivity index (χ4n) is 1.20. The Hall–Kier alpha value is -1.25. The highest BCUT2D eigenvalue weighted by molar-refractivity contribution is 5.65. The highest BCUT2D eigenvalue weighted by Gasteiger charge is 2.09. The molecular weight excluding hydrogens is 162 g/mol. The minimum atomic E-state index is 0.492. The van der Waals surface area contributed by atoms with Crippen LogP contribution in [0.15, 0.2) is 18.5 Å². The summed E-state index contributed by atoms with van der Waals surface area (Å²) >= 11 is 0. The first-order valence-electron chi connectivity index (χ1n) is 4.59. The van der Waals surface area contributed by atoms with Crippen molar-refractivity contribution in [3.05, 3.63) is 18.5 Å². The lowest BCUT2D eigenvalue weighted by atomic mass is 10.2. The van der Waals surface area contributed by atoms with E-state index in [1.54, 1.807) is 6.20 Å². The minimum Gasteiger partial charge on any atom is -0.397 e. The van der Waals surface area contributed by atoms with Gasteiger partial charge in [0.25, 0.3) is 0 Å². The Morgan fingerprint density at radius 3 is 2.85 bits per heavy atom. The number of hydrogen-bond donors (Lipinski definition) is 1. The SMILES string of the molecule is CCC(C)N(C)c1cnccc1N. The zero-order valence-electron chi connectivity index (χ0n) is 8.49. The molecule has 0 radical (unpaired) electrons. The normalized spacial score (nSPS) is 12.5. The molecule has 13 heavy (non-hydrogen) atoms. The Bertz CT molecular complexity index is 273. The van der Waals surface area contributed by atoms with Crippen molar-refractivity contribution in [2.24, 2.45) is 0 Å². The van der Waals surface area contributed by atoms with E-state index in [0.717, 1.165) is 17.8 Å². The quantitative estimate of drug-likeness (QED) is 0.770. The summed E-state index contributed by atoms with van der Waals surface area (Å²) in [5.74, 6) is 0. The van der Waals surface area contributed by atoms with Crippen LogP contribution in [0.5, 0.6) is 0 Å². The molecule has 2 N–H and O–H groups in total. The van der Waals surface area contributed by atoms with Crippen LogP contribution in [0.1, 0.15) is 20.3 Å². The molecule has 1 heterocycles. The minimum absolute atomic E-state index is 0.492. The molecule has 3 heteroatoms. The van der Waals surface area contributed by atoms with E-state index >= 15 is 0 Å². The Labute approximate surface area is 79.6 Å². The van der Waals surface area contributed by atoms with E-state index in [4.69, 9.17) is 5.73 Å². The van der Waals surface area contributed by atoms with Crippen LogP contribution in [0.4, 0.5) is 11.4 Å². The number of hydrogen-bond acceptors (Lipinski definition) is 3. The molecule has 0 saturated carbocycles. The maximum atomic E-state index is 5.83. The van der Waals surface area contributed by atoms with Crippen molar-refractivity contribution in [3.63, 3.8) is 0 Å². The second-order valence-corrected chi connectivity index (χ2v) is 3.30. The average Bonchev–Trinajstić information content (AvgIpc) is 2.16. The van der Waals surface area contributed by atoms with Gasteiger partial charge in [0.15, 0.2) is 0 Å². The van der Waals surface area contributed by atoms with E-state index in [9.17, 15) is 0 Å². The first-order chi connectivity index (χ1) is 6.16. The monoisotopic (exact) mass is 179 g/mol. The fraction of sp³-hybridized carbons (Fsp3) is 0.500. The summed E-state index contributed by atoms with van der Waals surface area (Å²) in [4.78, 5) is 6.22. The number of pyridine rings is 1. The molecular formula is C10H17N3. The van der Waals surface area contributed by atoms with Gasteiger partial charge in [-0.15, -0.1) is 0 Å². The molecule has 1 rings (SSSR count). The molecule has 0 aliphatic rings. The predicted molar refractivity (Wildman–Crippen MR) is 56.8 cm³/mol. The lowest BCUT2D eigenvalue weighted by Gasteiger charge is -2.26. The molecule has 1 aromatic heterocycles. The van der Waals surface area contributed by atoms with Gasteiger partial charge < -0.3 is 10.6 Å². The summed E-state index contributed by atoms with van der Waals surface area (Å²) in [6.45, 7) is 4.33. The maximum Gasteiger partial charge on any atom is 0.0786 e. The first-order valence-corrected chi connectivity index (χ1v) is 4.59. The third-order valence-electron chi connectivity index (χ3n) is 2.46. The molecule has 1 unspecified atom stereocenters. The number of nitrogen functional groups attached to an aromatic ring is 1. The van der Waals surface area contributed by atoms with Gasteiger partial charge in [0.05, 0.1) is 17.6 Å². The molecule has 0 spiro atoms. The average molecular weight is 179 g/mol. The second kappa shape index (κ2) is 4.12. The van der Waals surface area contributed by atoms with E-state index in [2.05, 4.69) is 23.7 Å². The summed E-state index contributed by atoms with van der Waals surface area (Å²) in [5, 5.41) is 0. The van der Waals surface area contributed by atoms with Crippen molar-refractivity contribution < 1.29 is 0 Å². The fourth-order valence-corrected chi connectivity index (χ4v) is 1.20. The van der Waals surface area contributed by atoms with Crippen LogP contribution >= 0.6 is 0 Å². The van der Waals surface area contributed by atoms with Gasteiger partial charge in [0.1, 0.15) is 0 Å². The van der Waals surface area contributed by atoms with Gasteiger partial charge in [-0.2, -0.15) is 0 Å². The zero-order valence-corrected chi connectivity index (χ0v) is 8.49. The Morgan fingerprint density at radius 2 is 2.31 bits per heavy atom. The largest absolute Gasteiger partial charge is 0.397 e. The molecule has 0 aromatic carbocycles. The van der Waals surface area contributed by atoms with E-state index in [1.165, 1.54) is 0 Å². The van der Waals surface area contributed by atoms with Crippen LogP contribution in [0, 0.1) is 0 Å². The predicted octanol–water partition coefficient (Wildman–Crippen LogP) is 1.90. The summed E-state index contributed by atoms with van der Waals surface area (Å²) in [7, 11) is 2.04. The van der Waals surface area contributed by atoms with Crippen molar-refractivity contribution >= 4 is 11.4 Å². The molecule has 0 aliphatic carbocycles. The molecule has 3 nitrogen and oxygen atoms in total. The third-order valence-corrected chi connectivity index (χ3v) is 2.46. The number of rotatable bonds is 3. The van der Waals surface area contributed by atoms with Crippen molar-refractivity contribution in [3.8, 4) is 0 Å². The van der Waals surface area contributed by atoms with E-state index < -0.39 is 0 Å². The third kappa shape index (κ3) is 2.11. The number of nitrogens with zero attached hydrogens (tertiary/aromatic N) is 2. The van der Waals surface area contributed by atoms with Gasteiger partial charge in [0, 0.05) is 19.3 Å². The van der Waals surface area contributed by atoms with Crippen molar-refractivity contribution in [1.29, 1.82) is 0 Å². The van der Waals surface area contributed by atoms with Crippen LogP contribution in [0.3, 0.4) is 0 Å². The van der Waals surface area contributed by atoms with Crippen LogP contribution in [-0.2, 0) is 0 Å². The van der Waals surface area contributed by atoms with E-state index in [1.807, 2.05) is 19.3 Å². The highest BCUT2D eigenvalue weighted by Crippen LogP contribution is 2.22. The number of anilines is 2. The molecule has 1 aromatic rings. The van der Waals surface area contributed by atoms with E-state index in [-0.39, 0.29) is 0 Å². The van der Waals surface area contributed by atoms with Crippen LogP contribution in [-0.4, -0.2) is 18.1 Å². The number of nitrogens with two attached hydrogens (primary N) is 1. The van der Waals surface area contributed by atoms with Gasteiger partial charge in [-0.1, -0.05) is 6.92 Å². The molecule has 0 saturated heterocycles.